The van der Waals surface area contributed by atoms with Gasteiger partial charge in [-0.25, -0.2) is 4.79 Å². The minimum absolute atomic E-state index is 0.134. The van der Waals surface area contributed by atoms with E-state index in [1.54, 1.807) is 49.6 Å². The van der Waals surface area contributed by atoms with Gasteiger partial charge in [-0.2, -0.15) is 0 Å². The van der Waals surface area contributed by atoms with Gasteiger partial charge in [-0.1, -0.05) is 47.5 Å². The van der Waals surface area contributed by atoms with Crippen LogP contribution in [0.3, 0.4) is 0 Å². The minimum atomic E-state index is -1.12. The molecule has 11 heteroatoms. The average molecular weight is 605 g/mol. The van der Waals surface area contributed by atoms with Crippen LogP contribution in [0, 0.1) is 0 Å². The van der Waals surface area contributed by atoms with Crippen molar-refractivity contribution in [2.24, 2.45) is 4.99 Å². The molecule has 1 aliphatic rings. The summed E-state index contributed by atoms with van der Waals surface area (Å²) in [5.41, 5.74) is 2.17. The SMILES string of the molecule is COc1ccc(C2=NC(c3ccc(Cl)cc3)C(c3ccc(Cl)cc3)N2C(=O)O)c(OC(C)C)c1.OCCNCCO. The van der Waals surface area contributed by atoms with Gasteiger partial charge in [0, 0.05) is 29.2 Å². The summed E-state index contributed by atoms with van der Waals surface area (Å²) in [5.74, 6) is 1.39. The number of aliphatic imine (C=N–C) groups is 1. The number of rotatable bonds is 10. The highest BCUT2D eigenvalue weighted by Gasteiger charge is 2.43. The second-order valence-corrected chi connectivity index (χ2v) is 10.2. The van der Waals surface area contributed by atoms with Crippen LogP contribution in [0.25, 0.3) is 0 Å². The Labute approximate surface area is 250 Å². The summed E-state index contributed by atoms with van der Waals surface area (Å²) < 4.78 is 11.4. The molecule has 1 amide bonds. The van der Waals surface area contributed by atoms with E-state index in [9.17, 15) is 9.90 Å². The van der Waals surface area contributed by atoms with Crippen LogP contribution in [-0.4, -0.2) is 71.7 Å². The van der Waals surface area contributed by atoms with E-state index in [2.05, 4.69) is 5.32 Å². The predicted octanol–water partition coefficient (Wildman–Crippen LogP) is 5.57. The third kappa shape index (κ3) is 8.58. The van der Waals surface area contributed by atoms with Crippen LogP contribution in [-0.2, 0) is 0 Å². The molecule has 9 nitrogen and oxygen atoms in total. The number of amidine groups is 1. The van der Waals surface area contributed by atoms with E-state index in [4.69, 9.17) is 47.9 Å². The highest BCUT2D eigenvalue weighted by Crippen LogP contribution is 2.45. The number of nitrogens with one attached hydrogen (secondary N) is 1. The fraction of sp³-hybridized carbons (Fsp3) is 0.333. The monoisotopic (exact) mass is 603 g/mol. The molecule has 0 aromatic heterocycles. The van der Waals surface area contributed by atoms with Gasteiger partial charge in [0.1, 0.15) is 23.4 Å². The Morgan fingerprint density at radius 1 is 0.951 bits per heavy atom. The molecule has 3 aromatic carbocycles. The highest BCUT2D eigenvalue weighted by molar-refractivity contribution is 6.30. The number of aliphatic hydroxyl groups excluding tert-OH is 2. The number of aliphatic hydroxyl groups is 2. The number of halogens is 2. The molecule has 0 bridgehead atoms. The number of amides is 1. The number of benzene rings is 3. The summed E-state index contributed by atoms with van der Waals surface area (Å²) in [5, 5.41) is 30.6. The van der Waals surface area contributed by atoms with Gasteiger partial charge >= 0.3 is 6.09 Å². The lowest BCUT2D eigenvalue weighted by Gasteiger charge is -2.28. The largest absolute Gasteiger partial charge is 0.497 e. The van der Waals surface area contributed by atoms with E-state index in [1.807, 2.05) is 38.1 Å². The van der Waals surface area contributed by atoms with Crippen molar-refractivity contribution < 1.29 is 29.6 Å². The Balaban J connectivity index is 0.000000587. The van der Waals surface area contributed by atoms with Gasteiger partial charge in [-0.3, -0.25) is 9.89 Å². The summed E-state index contributed by atoms with van der Waals surface area (Å²) in [6.07, 6.45) is -1.26. The van der Waals surface area contributed by atoms with Crippen molar-refractivity contribution in [3.63, 3.8) is 0 Å². The molecule has 0 spiro atoms. The first kappa shape index (κ1) is 32.2. The molecule has 220 valence electrons. The topological polar surface area (TPSA) is 124 Å². The Kier molecular flexibility index (Phi) is 12.2. The van der Waals surface area contributed by atoms with Crippen molar-refractivity contribution in [3.8, 4) is 11.5 Å². The van der Waals surface area contributed by atoms with Crippen molar-refractivity contribution in [2.75, 3.05) is 33.4 Å². The summed E-state index contributed by atoms with van der Waals surface area (Å²) in [7, 11) is 1.57. The number of methoxy groups -OCH3 is 1. The summed E-state index contributed by atoms with van der Waals surface area (Å²) in [4.78, 5) is 18.9. The van der Waals surface area contributed by atoms with E-state index < -0.39 is 18.2 Å². The molecule has 1 heterocycles. The smallest absolute Gasteiger partial charge is 0.413 e. The molecular weight excluding hydrogens is 569 g/mol. The lowest BCUT2D eigenvalue weighted by Crippen LogP contribution is -2.37. The maximum absolute atomic E-state index is 12.7. The number of hydrogen-bond donors (Lipinski definition) is 4. The first-order valence-corrected chi connectivity index (χ1v) is 13.8. The molecule has 1 aliphatic heterocycles. The Hall–Kier alpha value is -3.34. The molecule has 4 rings (SSSR count). The lowest BCUT2D eigenvalue weighted by atomic mass is 9.94. The summed E-state index contributed by atoms with van der Waals surface area (Å²) >= 11 is 12.2. The van der Waals surface area contributed by atoms with Gasteiger partial charge in [0.05, 0.1) is 38.0 Å². The molecule has 2 atom stereocenters. The van der Waals surface area contributed by atoms with E-state index >= 15 is 0 Å². The molecule has 0 fully saturated rings. The zero-order valence-electron chi connectivity index (χ0n) is 23.1. The van der Waals surface area contributed by atoms with E-state index in [0.29, 0.717) is 46.0 Å². The first-order chi connectivity index (χ1) is 19.7. The van der Waals surface area contributed by atoms with Crippen LogP contribution < -0.4 is 14.8 Å². The molecule has 0 aliphatic carbocycles. The molecule has 41 heavy (non-hydrogen) atoms. The van der Waals surface area contributed by atoms with Crippen LogP contribution in [0.5, 0.6) is 11.5 Å². The second-order valence-electron chi connectivity index (χ2n) is 9.32. The van der Waals surface area contributed by atoms with Crippen molar-refractivity contribution in [2.45, 2.75) is 32.0 Å². The standard InChI is InChI=1S/C26H24Cl2N2O4.C4H11NO2/c1-15(2)34-22-14-20(33-3)12-13-21(22)25-29-23(16-4-8-18(27)9-5-16)24(30(25)26(31)32)17-6-10-19(28)11-7-17;6-3-1-5-2-4-7/h4-15,23-24H,1-3H3,(H,31,32);5-7H,1-4H2. The average Bonchev–Trinajstić information content (AvgIpc) is 3.35. The van der Waals surface area contributed by atoms with Crippen molar-refractivity contribution in [1.29, 1.82) is 0 Å². The van der Waals surface area contributed by atoms with Crippen molar-refractivity contribution >= 4 is 35.1 Å². The number of ether oxygens (including phenoxy) is 2. The third-order valence-corrected chi connectivity index (χ3v) is 6.57. The van der Waals surface area contributed by atoms with Crippen molar-refractivity contribution in [1.82, 2.24) is 10.2 Å². The van der Waals surface area contributed by atoms with Gasteiger partial charge < -0.3 is 30.1 Å². The molecule has 0 saturated carbocycles. The van der Waals surface area contributed by atoms with Crippen LogP contribution in [0.4, 0.5) is 4.79 Å². The van der Waals surface area contributed by atoms with E-state index in [0.717, 1.165) is 11.1 Å². The zero-order valence-corrected chi connectivity index (χ0v) is 24.6. The maximum Gasteiger partial charge on any atom is 0.413 e. The van der Waals surface area contributed by atoms with Gasteiger partial charge in [0.2, 0.25) is 0 Å². The quantitative estimate of drug-likeness (QED) is 0.223. The molecule has 0 radical (unpaired) electrons. The fourth-order valence-electron chi connectivity index (χ4n) is 4.30. The fourth-order valence-corrected chi connectivity index (χ4v) is 4.56. The van der Waals surface area contributed by atoms with E-state index in [-0.39, 0.29) is 19.3 Å². The predicted molar refractivity (Wildman–Crippen MR) is 161 cm³/mol. The van der Waals surface area contributed by atoms with Crippen LogP contribution in [0.1, 0.15) is 42.6 Å². The molecule has 2 unspecified atom stereocenters. The van der Waals surface area contributed by atoms with Gasteiger partial charge in [0.25, 0.3) is 0 Å². The Morgan fingerprint density at radius 3 is 2.00 bits per heavy atom. The van der Waals surface area contributed by atoms with Gasteiger partial charge in [-0.15, -0.1) is 0 Å². The number of carbonyl (C=O) groups is 1. The zero-order chi connectivity index (χ0) is 29.9. The molecule has 0 saturated heterocycles. The van der Waals surface area contributed by atoms with E-state index in [1.165, 1.54) is 4.90 Å². The lowest BCUT2D eigenvalue weighted by molar-refractivity contribution is 0.157. The second kappa shape index (κ2) is 15.6. The molecule has 3 aromatic rings. The highest BCUT2D eigenvalue weighted by atomic mass is 35.5. The number of nitrogens with zero attached hydrogens (tertiary/aromatic N) is 2. The maximum atomic E-state index is 12.7. The minimum Gasteiger partial charge on any atom is -0.497 e. The first-order valence-electron chi connectivity index (χ1n) is 13.1. The molecule has 4 N–H and O–H groups in total. The summed E-state index contributed by atoms with van der Waals surface area (Å²) in [6, 6.07) is 18.6. The van der Waals surface area contributed by atoms with Crippen molar-refractivity contribution in [3.05, 3.63) is 93.5 Å². The van der Waals surface area contributed by atoms with Crippen LogP contribution >= 0.6 is 23.2 Å². The van der Waals surface area contributed by atoms with Crippen LogP contribution in [0.2, 0.25) is 10.0 Å². The Morgan fingerprint density at radius 2 is 1.51 bits per heavy atom. The molecular formula is C30H35Cl2N3O6. The summed E-state index contributed by atoms with van der Waals surface area (Å²) in [6.45, 7) is 5.23. The number of carboxylic acid groups (broad SMARTS) is 1. The number of hydrogen-bond acceptors (Lipinski definition) is 7. The third-order valence-electron chi connectivity index (χ3n) is 6.07. The normalized spacial score (nSPS) is 16.2. The van der Waals surface area contributed by atoms with Crippen LogP contribution in [0.15, 0.2) is 71.7 Å². The van der Waals surface area contributed by atoms with Gasteiger partial charge in [0.15, 0.2) is 0 Å². The van der Waals surface area contributed by atoms with Gasteiger partial charge in [-0.05, 0) is 61.4 Å². The Bertz CT molecular complexity index is 1300.